The van der Waals surface area contributed by atoms with Crippen LogP contribution in [0.15, 0.2) is 30.3 Å². The van der Waals surface area contributed by atoms with Gasteiger partial charge >= 0.3 is 179 Å². The number of rotatable bonds is 11. The molecule has 0 spiro atoms. The fourth-order valence-electron chi connectivity index (χ4n) is 4.00. The monoisotopic (exact) mass is 574 g/mol. The number of hydrogen-bond acceptors (Lipinski definition) is 1. The van der Waals surface area contributed by atoms with Crippen molar-refractivity contribution < 1.29 is 0 Å². The fourth-order valence-corrected chi connectivity index (χ4v) is 24.8. The van der Waals surface area contributed by atoms with Gasteiger partial charge in [0.1, 0.15) is 0 Å². The normalized spacial score (nSPS) is 11.9. The molecule has 144 valence electrons. The number of benzene rings is 1. The van der Waals surface area contributed by atoms with Crippen molar-refractivity contribution in [1.82, 2.24) is 9.78 Å². The molecule has 0 bridgehead atoms. The zero-order valence-corrected chi connectivity index (χ0v) is 22.0. The third-order valence-electron chi connectivity index (χ3n) is 5.52. The summed E-state index contributed by atoms with van der Waals surface area (Å²) in [6.07, 6.45) is 8.10. The molecule has 26 heavy (non-hydrogen) atoms. The fraction of sp³-hybridized carbons (Fsp3) is 0.591. The summed E-state index contributed by atoms with van der Waals surface area (Å²) in [4.78, 5) is 0. The Labute approximate surface area is 178 Å². The van der Waals surface area contributed by atoms with Crippen molar-refractivity contribution in [2.24, 2.45) is 0 Å². The van der Waals surface area contributed by atoms with Gasteiger partial charge < -0.3 is 0 Å². The molecule has 0 unspecified atom stereocenters. The van der Waals surface area contributed by atoms with E-state index in [0.717, 1.165) is 0 Å². The Hall–Kier alpha value is -0.0413. The zero-order chi connectivity index (χ0) is 19.0. The van der Waals surface area contributed by atoms with Gasteiger partial charge in [-0.15, -0.1) is 0 Å². The van der Waals surface area contributed by atoms with Crippen molar-refractivity contribution in [2.45, 2.75) is 79.5 Å². The predicted molar refractivity (Wildman–Crippen MR) is 126 cm³/mol. The summed E-state index contributed by atoms with van der Waals surface area (Å²) in [6, 6.07) is 10.8. The van der Waals surface area contributed by atoms with Crippen molar-refractivity contribution in [1.29, 1.82) is 0 Å². The number of unbranched alkanes of at least 4 members (excludes halogenated alkanes) is 3. The summed E-state index contributed by atoms with van der Waals surface area (Å²) < 4.78 is 9.95. The number of para-hydroxylation sites is 1. The molecule has 2 aromatic rings. The quantitative estimate of drug-likeness (QED) is 0.213. The van der Waals surface area contributed by atoms with Gasteiger partial charge in [-0.25, -0.2) is 0 Å². The Morgan fingerprint density at radius 3 is 1.85 bits per heavy atom. The van der Waals surface area contributed by atoms with E-state index < -0.39 is 18.4 Å². The number of halogens is 1. The topological polar surface area (TPSA) is 17.8 Å². The van der Waals surface area contributed by atoms with Crippen LogP contribution in [0.3, 0.4) is 0 Å². The van der Waals surface area contributed by atoms with E-state index in [1.807, 2.05) is 0 Å². The van der Waals surface area contributed by atoms with Crippen LogP contribution in [0.1, 0.15) is 65.0 Å². The van der Waals surface area contributed by atoms with Gasteiger partial charge in [0.05, 0.1) is 0 Å². The van der Waals surface area contributed by atoms with Gasteiger partial charge in [-0.2, -0.15) is 0 Å². The average Bonchev–Trinajstić information content (AvgIpc) is 2.98. The van der Waals surface area contributed by atoms with Crippen molar-refractivity contribution in [3.8, 4) is 5.69 Å². The molecular weight excluding hydrogens is 538 g/mol. The molecule has 0 atom stereocenters. The van der Waals surface area contributed by atoms with Crippen LogP contribution in [-0.2, 0) is 0 Å². The molecule has 0 amide bonds. The van der Waals surface area contributed by atoms with Gasteiger partial charge in [0, 0.05) is 0 Å². The van der Waals surface area contributed by atoms with E-state index in [0.29, 0.717) is 0 Å². The Bertz CT molecular complexity index is 645. The predicted octanol–water partition coefficient (Wildman–Crippen LogP) is 6.84. The van der Waals surface area contributed by atoms with Crippen molar-refractivity contribution in [2.75, 3.05) is 0 Å². The first-order valence-electron chi connectivity index (χ1n) is 10.4. The molecule has 0 aliphatic heterocycles. The molecule has 2 nitrogen and oxygen atoms in total. The van der Waals surface area contributed by atoms with Gasteiger partial charge in [-0.05, 0) is 0 Å². The minimum atomic E-state index is -2.53. The molecule has 0 saturated carbocycles. The summed E-state index contributed by atoms with van der Waals surface area (Å²) >= 11 is 0.0683. The molecule has 0 aliphatic rings. The number of hydrogen-bond donors (Lipinski definition) is 0. The summed E-state index contributed by atoms with van der Waals surface area (Å²) in [6.45, 7) is 9.24. The Balaban J connectivity index is 2.61. The van der Waals surface area contributed by atoms with Gasteiger partial charge in [0.15, 0.2) is 0 Å². The van der Waals surface area contributed by atoms with Gasteiger partial charge in [-0.1, -0.05) is 0 Å². The molecule has 0 fully saturated rings. The van der Waals surface area contributed by atoms with Crippen LogP contribution in [0, 0.1) is 10.5 Å². The zero-order valence-electron chi connectivity index (χ0n) is 17.0. The molecule has 1 aromatic carbocycles. The standard InChI is InChI=1S/C10H8IN2.3C4H9.Sn/c1-8-10(11)7-13(12-8)9-5-3-2-4-6-9;3*1-3-4-2;/h2-6H,1H3;3*1,3-4H2,2H3;. The van der Waals surface area contributed by atoms with E-state index in [4.69, 9.17) is 5.10 Å². The molecule has 4 heteroatoms. The van der Waals surface area contributed by atoms with E-state index in [-0.39, 0.29) is 0 Å². The van der Waals surface area contributed by atoms with Gasteiger partial charge in [0.2, 0.25) is 0 Å². The van der Waals surface area contributed by atoms with Crippen LogP contribution in [0.4, 0.5) is 0 Å². The molecule has 1 aromatic heterocycles. The third-order valence-corrected chi connectivity index (χ3v) is 23.7. The summed E-state index contributed by atoms with van der Waals surface area (Å²) in [5.74, 6) is 0. The minimum absolute atomic E-state index is 1.22. The second-order valence-electron chi connectivity index (χ2n) is 7.59. The first-order chi connectivity index (χ1) is 12.6. The Morgan fingerprint density at radius 1 is 0.885 bits per heavy atom. The van der Waals surface area contributed by atoms with E-state index >= 15 is 0 Å². The first-order valence-corrected chi connectivity index (χ1v) is 19.0. The van der Waals surface area contributed by atoms with Gasteiger partial charge in [-0.3, -0.25) is 0 Å². The third kappa shape index (κ3) is 5.27. The molecule has 0 saturated heterocycles. The second kappa shape index (κ2) is 11.1. The number of aromatic nitrogens is 2. The van der Waals surface area contributed by atoms with E-state index in [9.17, 15) is 0 Å². The molecule has 0 aliphatic carbocycles. The second-order valence-corrected chi connectivity index (χ2v) is 21.6. The van der Waals surface area contributed by atoms with Crippen LogP contribution < -0.4 is 3.71 Å². The van der Waals surface area contributed by atoms with Crippen molar-refractivity contribution in [3.05, 3.63) is 39.6 Å². The molecule has 0 radical (unpaired) electrons. The number of nitrogens with zero attached hydrogens (tertiary/aromatic N) is 2. The van der Waals surface area contributed by atoms with Crippen LogP contribution in [0.5, 0.6) is 0 Å². The molecular formula is C22H35IN2Sn. The number of aryl methyl sites for hydroxylation is 1. The van der Waals surface area contributed by atoms with E-state index in [1.165, 1.54) is 66.8 Å². The molecule has 2 rings (SSSR count). The first kappa shape index (κ1) is 22.2. The summed E-state index contributed by atoms with van der Waals surface area (Å²) in [5.41, 5.74) is 2.47. The van der Waals surface area contributed by atoms with Crippen molar-refractivity contribution in [3.63, 3.8) is 0 Å². The maximum atomic E-state index is 5.03. The Kier molecular flexibility index (Phi) is 9.48. The SMILES string of the molecule is CCC[CH2][Sn]([CH2]CCC)([CH2]CCC)[c]1c(I)c(C)nn1-c1ccccc1. The van der Waals surface area contributed by atoms with Crippen molar-refractivity contribution >= 4 is 44.7 Å². The van der Waals surface area contributed by atoms with Crippen LogP contribution in [-0.4, -0.2) is 28.2 Å². The van der Waals surface area contributed by atoms with E-state index in [1.54, 1.807) is 3.71 Å². The summed E-state index contributed by atoms with van der Waals surface area (Å²) in [5, 5.41) is 5.03. The molecule has 1 heterocycles. The van der Waals surface area contributed by atoms with Crippen LogP contribution >= 0.6 is 22.6 Å². The van der Waals surface area contributed by atoms with Crippen LogP contribution in [0.25, 0.3) is 5.69 Å². The summed E-state index contributed by atoms with van der Waals surface area (Å²) in [7, 11) is 0. The van der Waals surface area contributed by atoms with Gasteiger partial charge in [0.25, 0.3) is 0 Å². The maximum absolute atomic E-state index is 5.03. The Morgan fingerprint density at radius 2 is 1.38 bits per heavy atom. The van der Waals surface area contributed by atoms with Crippen LogP contribution in [0.2, 0.25) is 13.3 Å². The average molecular weight is 573 g/mol. The van der Waals surface area contributed by atoms with E-state index in [2.05, 4.69) is 85.3 Å². The molecule has 0 N–H and O–H groups in total.